The molecular weight excluding hydrogens is 264 g/mol. The van der Waals surface area contributed by atoms with Gasteiger partial charge in [-0.05, 0) is 30.7 Å². The number of para-hydroxylation sites is 1. The van der Waals surface area contributed by atoms with E-state index >= 15 is 0 Å². The number of carbonyl (C=O) groups excluding carboxylic acids is 1. The van der Waals surface area contributed by atoms with Gasteiger partial charge in [-0.1, -0.05) is 24.3 Å². The quantitative estimate of drug-likeness (QED) is 0.755. The van der Waals surface area contributed by atoms with Crippen LogP contribution in [0.5, 0.6) is 0 Å². The Labute approximate surface area is 121 Å². The second kappa shape index (κ2) is 5.20. The number of nitrogens with one attached hydrogen (secondary N) is 1. The topological polar surface area (TPSA) is 80.9 Å². The number of hydrogen-bond acceptors (Lipinski definition) is 4. The molecule has 0 radical (unpaired) electrons. The summed E-state index contributed by atoms with van der Waals surface area (Å²) in [5, 5.41) is 3.72. The molecule has 2 aromatic heterocycles. The largest absolute Gasteiger partial charge is 0.397 e. The summed E-state index contributed by atoms with van der Waals surface area (Å²) in [5.74, 6) is 0.166. The number of rotatable bonds is 2. The molecule has 21 heavy (non-hydrogen) atoms. The number of carbonyl (C=O) groups is 1. The van der Waals surface area contributed by atoms with Crippen molar-refractivity contribution >= 4 is 28.3 Å². The molecule has 104 valence electrons. The number of anilines is 2. The number of benzene rings is 1. The van der Waals surface area contributed by atoms with E-state index in [4.69, 9.17) is 5.73 Å². The minimum absolute atomic E-state index is 0.294. The number of nitrogen functional groups attached to an aromatic ring is 1. The Hall–Kier alpha value is -2.95. The molecule has 0 aliphatic heterocycles. The van der Waals surface area contributed by atoms with Crippen LogP contribution in [0.2, 0.25) is 0 Å². The molecule has 2 heterocycles. The number of aromatic nitrogens is 2. The van der Waals surface area contributed by atoms with Crippen molar-refractivity contribution in [1.82, 2.24) is 9.97 Å². The van der Waals surface area contributed by atoms with Crippen LogP contribution in [0.15, 0.2) is 48.7 Å². The van der Waals surface area contributed by atoms with Crippen LogP contribution in [0.1, 0.15) is 16.1 Å². The van der Waals surface area contributed by atoms with Crippen LogP contribution in [0.25, 0.3) is 10.9 Å². The van der Waals surface area contributed by atoms with Crippen molar-refractivity contribution in [2.24, 2.45) is 0 Å². The van der Waals surface area contributed by atoms with Gasteiger partial charge in [-0.3, -0.25) is 4.79 Å². The van der Waals surface area contributed by atoms with Crippen LogP contribution in [0, 0.1) is 6.92 Å². The van der Waals surface area contributed by atoms with Gasteiger partial charge in [-0.15, -0.1) is 0 Å². The lowest BCUT2D eigenvalue weighted by atomic mass is 10.2. The van der Waals surface area contributed by atoms with E-state index in [1.807, 2.05) is 37.3 Å². The molecule has 3 N–H and O–H groups in total. The predicted molar refractivity (Wildman–Crippen MR) is 83.1 cm³/mol. The number of fused-ring (bicyclic) bond motifs is 1. The Bertz CT molecular complexity index is 829. The lowest BCUT2D eigenvalue weighted by Crippen LogP contribution is -2.14. The summed E-state index contributed by atoms with van der Waals surface area (Å²) < 4.78 is 0. The van der Waals surface area contributed by atoms with E-state index in [1.54, 1.807) is 12.1 Å². The van der Waals surface area contributed by atoms with E-state index in [9.17, 15) is 4.79 Å². The van der Waals surface area contributed by atoms with Gasteiger partial charge in [0, 0.05) is 5.39 Å². The summed E-state index contributed by atoms with van der Waals surface area (Å²) >= 11 is 0. The Morgan fingerprint density at radius 1 is 1.19 bits per heavy atom. The van der Waals surface area contributed by atoms with E-state index in [-0.39, 0.29) is 5.91 Å². The first kappa shape index (κ1) is 13.1. The van der Waals surface area contributed by atoms with Crippen molar-refractivity contribution in [2.45, 2.75) is 6.92 Å². The van der Waals surface area contributed by atoms with Crippen LogP contribution in [0.3, 0.4) is 0 Å². The molecule has 0 unspecified atom stereocenters. The first-order valence-electron chi connectivity index (χ1n) is 6.53. The molecule has 0 aliphatic carbocycles. The molecule has 1 aromatic carbocycles. The molecule has 0 spiro atoms. The van der Waals surface area contributed by atoms with Gasteiger partial charge in [0.05, 0.1) is 17.4 Å². The highest BCUT2D eigenvalue weighted by Crippen LogP contribution is 2.15. The van der Waals surface area contributed by atoms with Gasteiger partial charge in [0.2, 0.25) is 0 Å². The summed E-state index contributed by atoms with van der Waals surface area (Å²) in [6.07, 6.45) is 1.53. The number of pyridine rings is 2. The number of aryl methyl sites for hydroxylation is 1. The van der Waals surface area contributed by atoms with Crippen LogP contribution < -0.4 is 11.1 Å². The average Bonchev–Trinajstić information content (AvgIpc) is 2.50. The zero-order valence-electron chi connectivity index (χ0n) is 11.5. The lowest BCUT2D eigenvalue weighted by Gasteiger charge is -2.06. The number of hydrogen-bond donors (Lipinski definition) is 2. The van der Waals surface area contributed by atoms with Crippen LogP contribution >= 0.6 is 0 Å². The molecule has 0 fully saturated rings. The van der Waals surface area contributed by atoms with E-state index in [0.717, 1.165) is 16.5 Å². The van der Waals surface area contributed by atoms with Gasteiger partial charge in [-0.25, -0.2) is 9.97 Å². The number of nitrogens with zero attached hydrogens (tertiary/aromatic N) is 2. The maximum atomic E-state index is 12.2. The lowest BCUT2D eigenvalue weighted by molar-refractivity contribution is 0.102. The van der Waals surface area contributed by atoms with Gasteiger partial charge in [0.25, 0.3) is 5.91 Å². The molecule has 0 bridgehead atoms. The van der Waals surface area contributed by atoms with Crippen molar-refractivity contribution in [3.05, 3.63) is 59.9 Å². The second-order valence-corrected chi connectivity index (χ2v) is 4.77. The van der Waals surface area contributed by atoms with Crippen LogP contribution in [-0.2, 0) is 0 Å². The monoisotopic (exact) mass is 278 g/mol. The van der Waals surface area contributed by atoms with Crippen molar-refractivity contribution in [2.75, 3.05) is 11.1 Å². The summed E-state index contributed by atoms with van der Waals surface area (Å²) in [7, 11) is 0. The molecule has 3 rings (SSSR count). The van der Waals surface area contributed by atoms with Crippen molar-refractivity contribution in [1.29, 1.82) is 0 Å². The fourth-order valence-corrected chi connectivity index (χ4v) is 2.01. The highest BCUT2D eigenvalue weighted by atomic mass is 16.1. The molecular formula is C16H14N4O. The summed E-state index contributed by atoms with van der Waals surface area (Å²) in [4.78, 5) is 20.6. The molecule has 0 atom stereocenters. The third-order valence-electron chi connectivity index (χ3n) is 3.22. The smallest absolute Gasteiger partial charge is 0.275 e. The van der Waals surface area contributed by atoms with Gasteiger partial charge >= 0.3 is 0 Å². The van der Waals surface area contributed by atoms with E-state index < -0.39 is 0 Å². The fraction of sp³-hybridized carbons (Fsp3) is 0.0625. The van der Waals surface area contributed by atoms with Crippen LogP contribution in [0.4, 0.5) is 11.5 Å². The maximum Gasteiger partial charge on any atom is 0.275 e. The standard InChI is InChI=1S/C16H14N4O/c1-10-8-15(18-9-12(10)17)20-16(21)14-7-6-11-4-2-3-5-13(11)19-14/h2-9H,17H2,1H3,(H,18,20,21). The molecule has 0 aliphatic rings. The van der Waals surface area contributed by atoms with Gasteiger partial charge < -0.3 is 11.1 Å². The van der Waals surface area contributed by atoms with E-state index in [1.165, 1.54) is 6.20 Å². The second-order valence-electron chi connectivity index (χ2n) is 4.77. The normalized spacial score (nSPS) is 10.5. The molecule has 5 heteroatoms. The number of amides is 1. The minimum atomic E-state index is -0.294. The Balaban J connectivity index is 1.87. The van der Waals surface area contributed by atoms with Crippen molar-refractivity contribution in [3.63, 3.8) is 0 Å². The third-order valence-corrected chi connectivity index (χ3v) is 3.22. The molecule has 1 amide bonds. The summed E-state index contributed by atoms with van der Waals surface area (Å²) in [6, 6.07) is 13.0. The van der Waals surface area contributed by atoms with E-state index in [2.05, 4.69) is 15.3 Å². The highest BCUT2D eigenvalue weighted by Gasteiger charge is 2.09. The summed E-state index contributed by atoms with van der Waals surface area (Å²) in [6.45, 7) is 1.86. The van der Waals surface area contributed by atoms with Crippen molar-refractivity contribution < 1.29 is 4.79 Å². The Morgan fingerprint density at radius 3 is 2.81 bits per heavy atom. The van der Waals surface area contributed by atoms with E-state index in [0.29, 0.717) is 17.2 Å². The molecule has 3 aromatic rings. The molecule has 5 nitrogen and oxygen atoms in total. The number of nitrogens with two attached hydrogens (primary N) is 1. The SMILES string of the molecule is Cc1cc(NC(=O)c2ccc3ccccc3n2)ncc1N. The first-order chi connectivity index (χ1) is 10.1. The zero-order chi connectivity index (χ0) is 14.8. The first-order valence-corrected chi connectivity index (χ1v) is 6.53. The molecule has 0 saturated carbocycles. The Morgan fingerprint density at radius 2 is 2.00 bits per heavy atom. The minimum Gasteiger partial charge on any atom is -0.397 e. The van der Waals surface area contributed by atoms with Crippen molar-refractivity contribution in [3.8, 4) is 0 Å². The van der Waals surface area contributed by atoms with Gasteiger partial charge in [0.1, 0.15) is 11.5 Å². The third kappa shape index (κ3) is 2.67. The van der Waals surface area contributed by atoms with Gasteiger partial charge in [-0.2, -0.15) is 0 Å². The average molecular weight is 278 g/mol. The summed E-state index contributed by atoms with van der Waals surface area (Å²) in [5.41, 5.74) is 8.30. The van der Waals surface area contributed by atoms with Crippen LogP contribution in [-0.4, -0.2) is 15.9 Å². The Kier molecular flexibility index (Phi) is 3.23. The maximum absolute atomic E-state index is 12.2. The zero-order valence-corrected chi connectivity index (χ0v) is 11.5. The highest BCUT2D eigenvalue weighted by molar-refractivity contribution is 6.03. The predicted octanol–water partition coefficient (Wildman–Crippen LogP) is 2.77. The fourth-order valence-electron chi connectivity index (χ4n) is 2.01. The molecule has 0 saturated heterocycles. The van der Waals surface area contributed by atoms with Gasteiger partial charge in [0.15, 0.2) is 0 Å².